The molecular weight excluding hydrogens is 405 g/mol. The second kappa shape index (κ2) is 11.1. The highest BCUT2D eigenvalue weighted by Crippen LogP contribution is 2.43. The van der Waals surface area contributed by atoms with Gasteiger partial charge in [0.2, 0.25) is 0 Å². The zero-order chi connectivity index (χ0) is 21.4. The minimum Gasteiger partial charge on any atom is -0.466 e. The lowest BCUT2D eigenvalue weighted by Crippen LogP contribution is -2.32. The average Bonchev–Trinajstić information content (AvgIpc) is 2.63. The molecule has 28 heavy (non-hydrogen) atoms. The number of rotatable bonds is 4. The maximum absolute atomic E-state index is 12.6. The summed E-state index contributed by atoms with van der Waals surface area (Å²) in [5, 5.41) is 11.2. The van der Waals surface area contributed by atoms with Gasteiger partial charge in [-0.2, -0.15) is 0 Å². The molecule has 1 aliphatic heterocycles. The molecule has 1 atom stereocenters. The van der Waals surface area contributed by atoms with Crippen LogP contribution < -0.4 is 5.32 Å². The Bertz CT molecular complexity index is 802. The number of carbonyl (C=O) groups is 2. The van der Waals surface area contributed by atoms with E-state index < -0.39 is 17.9 Å². The van der Waals surface area contributed by atoms with Crippen LogP contribution in [0.25, 0.3) is 0 Å². The van der Waals surface area contributed by atoms with Crippen molar-refractivity contribution in [2.45, 2.75) is 33.6 Å². The number of dihydropyridines is 1. The molecule has 1 unspecified atom stereocenters. The fraction of sp³-hybridized carbons (Fsp3) is 0.400. The van der Waals surface area contributed by atoms with Crippen LogP contribution in [0.4, 0.5) is 0 Å². The number of benzene rings is 1. The van der Waals surface area contributed by atoms with Crippen molar-refractivity contribution in [3.05, 3.63) is 56.3 Å². The number of carbonyl (C=O) groups excluding carboxylic acids is 2. The SMILES string of the molecule is CCO.CCOC(=O)C1=C(C)NC(C)=C(C(=O)OC)C1c1cccc(Cl)c1Cl. The van der Waals surface area contributed by atoms with Crippen LogP contribution in [0, 0.1) is 0 Å². The van der Waals surface area contributed by atoms with Crippen LogP contribution in [0.2, 0.25) is 10.0 Å². The topological polar surface area (TPSA) is 84.9 Å². The smallest absolute Gasteiger partial charge is 0.336 e. The lowest BCUT2D eigenvalue weighted by atomic mass is 9.80. The van der Waals surface area contributed by atoms with Crippen molar-refractivity contribution in [2.24, 2.45) is 0 Å². The Hall–Kier alpha value is -2.02. The highest BCUT2D eigenvalue weighted by molar-refractivity contribution is 6.42. The van der Waals surface area contributed by atoms with Crippen LogP contribution in [0.1, 0.15) is 39.2 Å². The van der Waals surface area contributed by atoms with Crippen LogP contribution in [-0.2, 0) is 19.1 Å². The number of hydrogen-bond donors (Lipinski definition) is 2. The Morgan fingerprint density at radius 1 is 1.11 bits per heavy atom. The largest absolute Gasteiger partial charge is 0.466 e. The molecule has 1 aromatic rings. The minimum atomic E-state index is -0.737. The Kier molecular flexibility index (Phi) is 9.52. The highest BCUT2D eigenvalue weighted by Gasteiger charge is 2.38. The molecule has 0 fully saturated rings. The first-order chi connectivity index (χ1) is 13.2. The van der Waals surface area contributed by atoms with Gasteiger partial charge < -0.3 is 19.9 Å². The summed E-state index contributed by atoms with van der Waals surface area (Å²) < 4.78 is 10.1. The summed E-state index contributed by atoms with van der Waals surface area (Å²) in [6.45, 7) is 7.34. The first kappa shape index (κ1) is 24.0. The van der Waals surface area contributed by atoms with E-state index in [4.69, 9.17) is 37.8 Å². The van der Waals surface area contributed by atoms with Gasteiger partial charge in [-0.3, -0.25) is 0 Å². The third-order valence-electron chi connectivity index (χ3n) is 3.95. The van der Waals surface area contributed by atoms with Crippen molar-refractivity contribution in [1.29, 1.82) is 0 Å². The Balaban J connectivity index is 0.00000122. The van der Waals surface area contributed by atoms with E-state index in [0.717, 1.165) is 0 Å². The van der Waals surface area contributed by atoms with Crippen molar-refractivity contribution in [3.63, 3.8) is 0 Å². The van der Waals surface area contributed by atoms with E-state index in [1.54, 1.807) is 45.9 Å². The van der Waals surface area contributed by atoms with Gasteiger partial charge in [-0.05, 0) is 39.3 Å². The Labute approximate surface area is 175 Å². The number of hydrogen-bond acceptors (Lipinski definition) is 6. The number of nitrogens with one attached hydrogen (secondary N) is 1. The van der Waals surface area contributed by atoms with Crippen molar-refractivity contribution >= 4 is 35.1 Å². The number of methoxy groups -OCH3 is 1. The van der Waals surface area contributed by atoms with E-state index in [1.165, 1.54) is 7.11 Å². The second-order valence-electron chi connectivity index (χ2n) is 5.81. The van der Waals surface area contributed by atoms with Crippen LogP contribution in [-0.4, -0.2) is 37.4 Å². The Morgan fingerprint density at radius 3 is 2.14 bits per heavy atom. The van der Waals surface area contributed by atoms with Gasteiger partial charge in [-0.25, -0.2) is 9.59 Å². The first-order valence-corrected chi connectivity index (χ1v) is 9.49. The van der Waals surface area contributed by atoms with Crippen molar-refractivity contribution in [3.8, 4) is 0 Å². The monoisotopic (exact) mass is 429 g/mol. The molecule has 1 aromatic carbocycles. The third-order valence-corrected chi connectivity index (χ3v) is 4.79. The van der Waals surface area contributed by atoms with E-state index in [9.17, 15) is 9.59 Å². The summed E-state index contributed by atoms with van der Waals surface area (Å²) in [4.78, 5) is 25.0. The average molecular weight is 430 g/mol. The fourth-order valence-electron chi connectivity index (χ4n) is 2.91. The molecule has 2 rings (SSSR count). The molecule has 1 heterocycles. The predicted octanol–water partition coefficient (Wildman–Crippen LogP) is 3.96. The zero-order valence-electron chi connectivity index (χ0n) is 16.6. The number of allylic oxidation sites excluding steroid dienone is 2. The maximum atomic E-state index is 12.6. The molecule has 0 spiro atoms. The van der Waals surface area contributed by atoms with Crippen molar-refractivity contribution < 1.29 is 24.2 Å². The molecule has 154 valence electrons. The number of aliphatic hydroxyl groups is 1. The molecule has 0 radical (unpaired) electrons. The van der Waals surface area contributed by atoms with Crippen LogP contribution >= 0.6 is 23.2 Å². The number of ether oxygens (including phenoxy) is 2. The lowest BCUT2D eigenvalue weighted by molar-refractivity contribution is -0.139. The quantitative estimate of drug-likeness (QED) is 0.704. The summed E-state index contributed by atoms with van der Waals surface area (Å²) in [6.07, 6.45) is 0. The van der Waals surface area contributed by atoms with Gasteiger partial charge in [-0.1, -0.05) is 35.3 Å². The summed E-state index contributed by atoms with van der Waals surface area (Å²) in [5.41, 5.74) is 2.30. The molecule has 0 saturated carbocycles. The molecule has 0 aliphatic carbocycles. The van der Waals surface area contributed by atoms with Gasteiger partial charge >= 0.3 is 11.9 Å². The van der Waals surface area contributed by atoms with Gasteiger partial charge in [0.15, 0.2) is 0 Å². The molecule has 2 N–H and O–H groups in total. The zero-order valence-corrected chi connectivity index (χ0v) is 18.1. The predicted molar refractivity (Wildman–Crippen MR) is 109 cm³/mol. The maximum Gasteiger partial charge on any atom is 0.336 e. The molecule has 0 aromatic heterocycles. The summed E-state index contributed by atoms with van der Waals surface area (Å²) in [6, 6.07) is 5.09. The van der Waals surface area contributed by atoms with E-state index in [2.05, 4.69) is 5.32 Å². The van der Waals surface area contributed by atoms with Gasteiger partial charge in [0.1, 0.15) is 0 Å². The standard InChI is InChI=1S/C18H19Cl2NO4.C2H6O/c1-5-25-18(23)14-10(3)21-9(2)13(17(22)24-4)15(14)11-7-6-8-12(19)16(11)20;1-2-3/h6-8,15,21H,5H2,1-4H3;3H,2H2,1H3. The first-order valence-electron chi connectivity index (χ1n) is 8.73. The van der Waals surface area contributed by atoms with Gasteiger partial charge in [-0.15, -0.1) is 0 Å². The second-order valence-corrected chi connectivity index (χ2v) is 6.59. The molecule has 0 saturated heterocycles. The van der Waals surface area contributed by atoms with E-state index in [0.29, 0.717) is 33.1 Å². The van der Waals surface area contributed by atoms with Crippen LogP contribution in [0.15, 0.2) is 40.7 Å². The molecule has 0 amide bonds. The van der Waals surface area contributed by atoms with Gasteiger partial charge in [0, 0.05) is 18.0 Å². The number of aliphatic hydroxyl groups excluding tert-OH is 1. The van der Waals surface area contributed by atoms with E-state index >= 15 is 0 Å². The van der Waals surface area contributed by atoms with Crippen LogP contribution in [0.3, 0.4) is 0 Å². The van der Waals surface area contributed by atoms with Gasteiger partial charge in [0.25, 0.3) is 0 Å². The van der Waals surface area contributed by atoms with Gasteiger partial charge in [0.05, 0.1) is 40.8 Å². The number of halogens is 2. The van der Waals surface area contributed by atoms with E-state index in [-0.39, 0.29) is 18.2 Å². The Morgan fingerprint density at radius 2 is 1.64 bits per heavy atom. The summed E-state index contributed by atoms with van der Waals surface area (Å²) in [7, 11) is 1.29. The van der Waals surface area contributed by atoms with Crippen molar-refractivity contribution in [1.82, 2.24) is 5.32 Å². The molecule has 0 bridgehead atoms. The number of esters is 2. The molecular formula is C20H25Cl2NO5. The van der Waals surface area contributed by atoms with E-state index in [1.807, 2.05) is 0 Å². The molecule has 1 aliphatic rings. The van der Waals surface area contributed by atoms with Crippen molar-refractivity contribution in [2.75, 3.05) is 20.3 Å². The highest BCUT2D eigenvalue weighted by atomic mass is 35.5. The molecule has 6 nitrogen and oxygen atoms in total. The summed E-state index contributed by atoms with van der Waals surface area (Å²) >= 11 is 12.5. The lowest BCUT2D eigenvalue weighted by Gasteiger charge is -2.30. The molecule has 8 heteroatoms. The minimum absolute atomic E-state index is 0.210. The summed E-state index contributed by atoms with van der Waals surface area (Å²) in [5.74, 6) is -1.82. The van der Waals surface area contributed by atoms with Crippen LogP contribution in [0.5, 0.6) is 0 Å². The fourth-order valence-corrected chi connectivity index (χ4v) is 3.33. The third kappa shape index (κ3) is 5.28. The normalized spacial score (nSPS) is 16.1.